The second-order valence-corrected chi connectivity index (χ2v) is 6.92. The lowest BCUT2D eigenvalue weighted by atomic mass is 9.68. The first-order valence-electron chi connectivity index (χ1n) is 9.82. The topological polar surface area (TPSA) is 105 Å². The number of methoxy groups -OCH3 is 4. The minimum absolute atomic E-state index is 0.528. The fourth-order valence-electron chi connectivity index (χ4n) is 3.85. The van der Waals surface area contributed by atoms with Gasteiger partial charge in [-0.3, -0.25) is 19.2 Å². The van der Waals surface area contributed by atoms with E-state index in [-0.39, 0.29) is 0 Å². The Labute approximate surface area is 186 Å². The molecule has 8 nitrogen and oxygen atoms in total. The first-order valence-corrected chi connectivity index (χ1v) is 9.82. The van der Waals surface area contributed by atoms with Crippen LogP contribution in [0.2, 0.25) is 0 Å². The van der Waals surface area contributed by atoms with Gasteiger partial charge in [-0.1, -0.05) is 60.7 Å². The van der Waals surface area contributed by atoms with Gasteiger partial charge in [-0.05, 0) is 11.1 Å². The van der Waals surface area contributed by atoms with Crippen molar-refractivity contribution in [3.63, 3.8) is 0 Å². The maximum atomic E-state index is 12.8. The first kappa shape index (κ1) is 24.6. The van der Waals surface area contributed by atoms with Crippen molar-refractivity contribution in [3.05, 3.63) is 71.8 Å². The standard InChI is InChI=1S/C24H26O8/c1-29-21(25)19(22(26)30-2)17(15-11-7-5-8-12-15)18(16-13-9-6-10-14-16)20(23(27)31-3)24(28)32-4/h5-14,17-20H,1-4H3/t17-,18+. The van der Waals surface area contributed by atoms with E-state index in [1.54, 1.807) is 60.7 Å². The number of rotatable bonds is 9. The van der Waals surface area contributed by atoms with Crippen molar-refractivity contribution in [1.29, 1.82) is 0 Å². The Balaban J connectivity index is 2.88. The lowest BCUT2D eigenvalue weighted by Gasteiger charge is -2.34. The first-order chi connectivity index (χ1) is 15.4. The molecule has 32 heavy (non-hydrogen) atoms. The summed E-state index contributed by atoms with van der Waals surface area (Å²) in [4.78, 5) is 51.2. The van der Waals surface area contributed by atoms with E-state index in [4.69, 9.17) is 18.9 Å². The third-order valence-electron chi connectivity index (χ3n) is 5.29. The number of carbonyl (C=O) groups excluding carboxylic acids is 4. The molecule has 0 aliphatic carbocycles. The Kier molecular flexibility index (Phi) is 8.95. The Hall–Kier alpha value is -3.68. The van der Waals surface area contributed by atoms with Crippen LogP contribution in [-0.4, -0.2) is 52.3 Å². The monoisotopic (exact) mass is 442 g/mol. The zero-order valence-corrected chi connectivity index (χ0v) is 18.3. The molecule has 0 fully saturated rings. The number of hydrogen-bond donors (Lipinski definition) is 0. The zero-order valence-electron chi connectivity index (χ0n) is 18.3. The van der Waals surface area contributed by atoms with E-state index >= 15 is 0 Å². The van der Waals surface area contributed by atoms with Crippen molar-refractivity contribution in [2.24, 2.45) is 11.8 Å². The second-order valence-electron chi connectivity index (χ2n) is 6.92. The highest BCUT2D eigenvalue weighted by Gasteiger charge is 2.50. The number of benzene rings is 2. The van der Waals surface area contributed by atoms with E-state index < -0.39 is 47.5 Å². The van der Waals surface area contributed by atoms with E-state index in [9.17, 15) is 19.2 Å². The van der Waals surface area contributed by atoms with Crippen LogP contribution in [0.3, 0.4) is 0 Å². The number of carbonyl (C=O) groups is 4. The van der Waals surface area contributed by atoms with Crippen molar-refractivity contribution >= 4 is 23.9 Å². The molecule has 0 spiro atoms. The van der Waals surface area contributed by atoms with Crippen LogP contribution in [0.15, 0.2) is 60.7 Å². The molecular formula is C24H26O8. The summed E-state index contributed by atoms with van der Waals surface area (Å²) >= 11 is 0. The maximum Gasteiger partial charge on any atom is 0.320 e. The highest BCUT2D eigenvalue weighted by atomic mass is 16.6. The summed E-state index contributed by atoms with van der Waals surface area (Å²) in [6, 6.07) is 17.2. The Morgan fingerprint density at radius 3 is 0.969 bits per heavy atom. The van der Waals surface area contributed by atoms with Crippen molar-refractivity contribution in [1.82, 2.24) is 0 Å². The van der Waals surface area contributed by atoms with Crippen LogP contribution < -0.4 is 0 Å². The smallest absolute Gasteiger partial charge is 0.320 e. The van der Waals surface area contributed by atoms with E-state index in [0.717, 1.165) is 28.4 Å². The maximum absolute atomic E-state index is 12.8. The van der Waals surface area contributed by atoms with Gasteiger partial charge in [0.25, 0.3) is 0 Å². The molecule has 0 aromatic heterocycles. The van der Waals surface area contributed by atoms with Gasteiger partial charge in [0.1, 0.15) is 0 Å². The number of ether oxygens (including phenoxy) is 4. The molecule has 2 atom stereocenters. The van der Waals surface area contributed by atoms with Crippen LogP contribution in [0, 0.1) is 11.8 Å². The summed E-state index contributed by atoms with van der Waals surface area (Å²) in [6.45, 7) is 0. The molecule has 2 aromatic rings. The predicted octanol–water partition coefficient (Wildman–Crippen LogP) is 2.48. The molecule has 0 saturated carbocycles. The minimum atomic E-state index is -1.46. The van der Waals surface area contributed by atoms with Crippen LogP contribution in [0.5, 0.6) is 0 Å². The Bertz CT molecular complexity index is 816. The van der Waals surface area contributed by atoms with Crippen LogP contribution >= 0.6 is 0 Å². The third-order valence-corrected chi connectivity index (χ3v) is 5.29. The zero-order chi connectivity index (χ0) is 23.7. The summed E-state index contributed by atoms with van der Waals surface area (Å²) in [5.74, 6) is -8.40. The minimum Gasteiger partial charge on any atom is -0.468 e. The van der Waals surface area contributed by atoms with Gasteiger partial charge < -0.3 is 18.9 Å². The Morgan fingerprint density at radius 1 is 0.500 bits per heavy atom. The largest absolute Gasteiger partial charge is 0.468 e. The molecule has 0 radical (unpaired) electrons. The fourth-order valence-corrected chi connectivity index (χ4v) is 3.85. The summed E-state index contributed by atoms with van der Waals surface area (Å²) in [5, 5.41) is 0. The van der Waals surface area contributed by atoms with Crippen molar-refractivity contribution in [2.75, 3.05) is 28.4 Å². The van der Waals surface area contributed by atoms with Gasteiger partial charge in [-0.25, -0.2) is 0 Å². The van der Waals surface area contributed by atoms with Crippen molar-refractivity contribution in [2.45, 2.75) is 11.8 Å². The summed E-state index contributed by atoms with van der Waals surface area (Å²) in [7, 11) is 4.60. The van der Waals surface area contributed by atoms with Crippen molar-refractivity contribution in [3.8, 4) is 0 Å². The normalized spacial score (nSPS) is 12.6. The molecule has 2 aromatic carbocycles. The molecule has 0 heterocycles. The molecule has 2 rings (SSSR count). The van der Waals surface area contributed by atoms with Crippen molar-refractivity contribution < 1.29 is 38.1 Å². The van der Waals surface area contributed by atoms with Gasteiger partial charge >= 0.3 is 23.9 Å². The van der Waals surface area contributed by atoms with Crippen LogP contribution in [-0.2, 0) is 38.1 Å². The van der Waals surface area contributed by atoms with E-state index in [1.807, 2.05) is 0 Å². The SMILES string of the molecule is COC(=O)C(C(=O)OC)[C@@H](c1ccccc1)[C@@H](c1ccccc1)C(C(=O)OC)C(=O)OC. The molecule has 170 valence electrons. The molecule has 0 bridgehead atoms. The van der Waals surface area contributed by atoms with E-state index in [0.29, 0.717) is 11.1 Å². The lowest BCUT2D eigenvalue weighted by molar-refractivity contribution is -0.166. The summed E-state index contributed by atoms with van der Waals surface area (Å²) in [6.07, 6.45) is 0. The average molecular weight is 442 g/mol. The van der Waals surface area contributed by atoms with Gasteiger partial charge in [-0.2, -0.15) is 0 Å². The molecule has 0 N–H and O–H groups in total. The molecule has 8 heteroatoms. The van der Waals surface area contributed by atoms with Gasteiger partial charge in [0.05, 0.1) is 28.4 Å². The second kappa shape index (κ2) is 11.6. The molecule has 0 aliphatic rings. The quantitative estimate of drug-likeness (QED) is 0.331. The van der Waals surface area contributed by atoms with Crippen LogP contribution in [0.4, 0.5) is 0 Å². The third kappa shape index (κ3) is 5.32. The fraction of sp³-hybridized carbons (Fsp3) is 0.333. The molecule has 0 unspecified atom stereocenters. The molecule has 0 amide bonds. The van der Waals surface area contributed by atoms with Gasteiger partial charge in [0, 0.05) is 11.8 Å². The Morgan fingerprint density at radius 2 is 0.750 bits per heavy atom. The van der Waals surface area contributed by atoms with Crippen LogP contribution in [0.1, 0.15) is 23.0 Å². The van der Waals surface area contributed by atoms with Gasteiger partial charge in [0.15, 0.2) is 11.8 Å². The van der Waals surface area contributed by atoms with E-state index in [2.05, 4.69) is 0 Å². The molecule has 0 aliphatic heterocycles. The van der Waals surface area contributed by atoms with Gasteiger partial charge in [-0.15, -0.1) is 0 Å². The summed E-state index contributed by atoms with van der Waals surface area (Å²) < 4.78 is 19.6. The number of hydrogen-bond acceptors (Lipinski definition) is 8. The predicted molar refractivity (Wildman–Crippen MR) is 113 cm³/mol. The highest BCUT2D eigenvalue weighted by molar-refractivity contribution is 5.99. The van der Waals surface area contributed by atoms with E-state index in [1.165, 1.54) is 0 Å². The van der Waals surface area contributed by atoms with Gasteiger partial charge in [0.2, 0.25) is 0 Å². The van der Waals surface area contributed by atoms with Crippen LogP contribution in [0.25, 0.3) is 0 Å². The number of esters is 4. The summed E-state index contributed by atoms with van der Waals surface area (Å²) in [5.41, 5.74) is 1.06. The average Bonchev–Trinajstić information content (AvgIpc) is 2.85. The highest BCUT2D eigenvalue weighted by Crippen LogP contribution is 2.45. The molecule has 0 saturated heterocycles. The molecular weight excluding hydrogens is 416 g/mol. The lowest BCUT2D eigenvalue weighted by Crippen LogP contribution is -2.41.